The third-order valence-electron chi connectivity index (χ3n) is 5.92. The van der Waals surface area contributed by atoms with Gasteiger partial charge in [-0.2, -0.15) is 0 Å². The van der Waals surface area contributed by atoms with Gasteiger partial charge < -0.3 is 15.4 Å². The van der Waals surface area contributed by atoms with Gasteiger partial charge in [-0.05, 0) is 43.6 Å². The van der Waals surface area contributed by atoms with Crippen LogP contribution in [-0.2, 0) is 28.9 Å². The number of H-pyrrole nitrogens is 1. The third kappa shape index (κ3) is 5.38. The molecule has 1 unspecified atom stereocenters. The molecule has 0 saturated carbocycles. The molecule has 1 aliphatic rings. The molecule has 1 atom stereocenters. The molecule has 3 rings (SSSR count). The number of carbonyl (C=O) groups is 2. The van der Waals surface area contributed by atoms with Gasteiger partial charge in [-0.15, -0.1) is 11.3 Å². The van der Waals surface area contributed by atoms with E-state index >= 15 is 0 Å². The van der Waals surface area contributed by atoms with Gasteiger partial charge in [-0.3, -0.25) is 19.1 Å². The van der Waals surface area contributed by atoms with Crippen molar-refractivity contribution in [3.63, 3.8) is 0 Å². The quantitative estimate of drug-likeness (QED) is 0.536. The number of ether oxygens (including phenoxy) is 1. The Kier molecular flexibility index (Phi) is 8.12. The Balaban J connectivity index is 1.81. The minimum Gasteiger partial charge on any atom is -0.452 e. The zero-order valence-corrected chi connectivity index (χ0v) is 20.3. The smallest absolute Gasteiger partial charge is 0.339 e. The molecule has 0 bridgehead atoms. The lowest BCUT2D eigenvalue weighted by Gasteiger charge is -2.24. The molecule has 0 fully saturated rings. The van der Waals surface area contributed by atoms with Crippen LogP contribution in [-0.4, -0.2) is 34.6 Å². The summed E-state index contributed by atoms with van der Waals surface area (Å²) in [5, 5.41) is 1.80. The van der Waals surface area contributed by atoms with Gasteiger partial charge in [0.15, 0.2) is 12.3 Å². The predicted molar refractivity (Wildman–Crippen MR) is 129 cm³/mol. The summed E-state index contributed by atoms with van der Waals surface area (Å²) >= 11 is 1.55. The Morgan fingerprint density at radius 2 is 2.06 bits per heavy atom. The molecular formula is C23H32N4O5S. The third-order valence-corrected chi connectivity index (χ3v) is 6.97. The molecule has 0 spiro atoms. The Hall–Kier alpha value is -2.88. The average molecular weight is 477 g/mol. The summed E-state index contributed by atoms with van der Waals surface area (Å²) in [7, 11) is 0. The molecule has 9 nitrogen and oxygen atoms in total. The standard InChI is InChI=1S/C23H32N4O5S/c1-4-6-10-26(19-20(24)27(9-5-2)23(31)25-21(19)29)18(28)12-32-22(30)16-13-33-17-11-14(3)7-8-15(16)17/h13-14H,4-12,24H2,1-3H3,(H,25,29,31). The van der Waals surface area contributed by atoms with E-state index in [2.05, 4.69) is 11.9 Å². The SMILES string of the molecule is CCCCN(C(=O)COC(=O)c1csc2c1CCC(C)C2)c1c(N)n(CCC)c(=O)[nH]c1=O. The van der Waals surface area contributed by atoms with Crippen molar-refractivity contribution in [3.05, 3.63) is 42.2 Å². The van der Waals surface area contributed by atoms with Crippen LogP contribution in [0, 0.1) is 5.92 Å². The fraction of sp³-hybridized carbons (Fsp3) is 0.565. The number of carbonyl (C=O) groups excluding carboxylic acids is 2. The highest BCUT2D eigenvalue weighted by atomic mass is 32.1. The monoisotopic (exact) mass is 476 g/mol. The molecule has 0 aliphatic heterocycles. The van der Waals surface area contributed by atoms with E-state index < -0.39 is 29.7 Å². The van der Waals surface area contributed by atoms with Crippen LogP contribution >= 0.6 is 11.3 Å². The molecule has 180 valence electrons. The van der Waals surface area contributed by atoms with E-state index in [0.717, 1.165) is 31.2 Å². The second kappa shape index (κ2) is 10.8. The maximum absolute atomic E-state index is 13.1. The van der Waals surface area contributed by atoms with Crippen molar-refractivity contribution >= 4 is 34.7 Å². The van der Waals surface area contributed by atoms with E-state index in [1.807, 2.05) is 13.8 Å². The largest absolute Gasteiger partial charge is 0.452 e. The van der Waals surface area contributed by atoms with Gasteiger partial charge in [-0.1, -0.05) is 27.2 Å². The van der Waals surface area contributed by atoms with E-state index in [9.17, 15) is 19.2 Å². The van der Waals surface area contributed by atoms with Gasteiger partial charge in [0.05, 0.1) is 5.56 Å². The van der Waals surface area contributed by atoms with Crippen LogP contribution in [0.5, 0.6) is 0 Å². The van der Waals surface area contributed by atoms with E-state index in [1.165, 1.54) is 14.3 Å². The van der Waals surface area contributed by atoms with E-state index in [4.69, 9.17) is 10.5 Å². The van der Waals surface area contributed by atoms with Gasteiger partial charge in [0.2, 0.25) is 0 Å². The zero-order valence-electron chi connectivity index (χ0n) is 19.4. The average Bonchev–Trinajstić information content (AvgIpc) is 3.19. The number of unbranched alkanes of at least 4 members (excludes halogenated alkanes) is 1. The van der Waals surface area contributed by atoms with E-state index in [1.54, 1.807) is 16.7 Å². The first-order chi connectivity index (χ1) is 15.8. The number of hydrogen-bond donors (Lipinski definition) is 2. The minimum atomic E-state index is -0.735. The molecular weight excluding hydrogens is 444 g/mol. The Labute approximate surface area is 196 Å². The minimum absolute atomic E-state index is 0.0672. The first-order valence-corrected chi connectivity index (χ1v) is 12.4. The molecule has 2 aromatic rings. The van der Waals surface area contributed by atoms with Gasteiger partial charge >= 0.3 is 11.7 Å². The molecule has 2 aromatic heterocycles. The van der Waals surface area contributed by atoms with Crippen molar-refractivity contribution in [1.29, 1.82) is 0 Å². The number of fused-ring (bicyclic) bond motifs is 1. The first-order valence-electron chi connectivity index (χ1n) is 11.5. The highest BCUT2D eigenvalue weighted by Crippen LogP contribution is 2.33. The summed E-state index contributed by atoms with van der Waals surface area (Å²) in [6.07, 6.45) is 4.80. The van der Waals surface area contributed by atoms with Crippen LogP contribution in [0.2, 0.25) is 0 Å². The van der Waals surface area contributed by atoms with Crippen LogP contribution in [0.1, 0.15) is 67.3 Å². The summed E-state index contributed by atoms with van der Waals surface area (Å²) in [5.74, 6) is -0.576. The van der Waals surface area contributed by atoms with Crippen LogP contribution in [0.4, 0.5) is 11.5 Å². The number of thiophene rings is 1. The van der Waals surface area contributed by atoms with Crippen molar-refractivity contribution in [3.8, 4) is 0 Å². The fourth-order valence-corrected chi connectivity index (χ4v) is 5.33. The number of nitrogens with zero attached hydrogens (tertiary/aromatic N) is 2. The van der Waals surface area contributed by atoms with Crippen molar-refractivity contribution < 1.29 is 14.3 Å². The summed E-state index contributed by atoms with van der Waals surface area (Å²) in [5.41, 5.74) is 6.25. The number of nitrogen functional groups attached to an aromatic ring is 1. The molecule has 0 aromatic carbocycles. The van der Waals surface area contributed by atoms with Crippen molar-refractivity contribution in [2.75, 3.05) is 23.8 Å². The van der Waals surface area contributed by atoms with Crippen LogP contribution in [0.15, 0.2) is 15.0 Å². The van der Waals surface area contributed by atoms with Gasteiger partial charge in [0, 0.05) is 23.3 Å². The Bertz CT molecular complexity index is 1130. The van der Waals surface area contributed by atoms with Gasteiger partial charge in [0.25, 0.3) is 11.5 Å². The van der Waals surface area contributed by atoms with Gasteiger partial charge in [-0.25, -0.2) is 9.59 Å². The lowest BCUT2D eigenvalue weighted by atomic mass is 9.88. The van der Waals surface area contributed by atoms with Gasteiger partial charge in [0.1, 0.15) is 5.82 Å². The summed E-state index contributed by atoms with van der Waals surface area (Å²) in [6.45, 7) is 6.03. The van der Waals surface area contributed by atoms with Crippen molar-refractivity contribution in [1.82, 2.24) is 9.55 Å². The molecule has 1 aliphatic carbocycles. The lowest BCUT2D eigenvalue weighted by molar-refractivity contribution is -0.121. The van der Waals surface area contributed by atoms with Crippen LogP contribution in [0.25, 0.3) is 0 Å². The topological polar surface area (TPSA) is 127 Å². The second-order valence-electron chi connectivity index (χ2n) is 8.52. The zero-order chi connectivity index (χ0) is 24.1. The molecule has 2 heterocycles. The molecule has 10 heteroatoms. The Morgan fingerprint density at radius 3 is 2.76 bits per heavy atom. The first kappa shape index (κ1) is 24.8. The molecule has 33 heavy (non-hydrogen) atoms. The number of nitrogens with one attached hydrogen (secondary N) is 1. The highest BCUT2D eigenvalue weighted by Gasteiger charge is 2.27. The number of hydrogen-bond acceptors (Lipinski definition) is 7. The molecule has 3 N–H and O–H groups in total. The number of aromatic nitrogens is 2. The normalized spacial score (nSPS) is 15.2. The predicted octanol–water partition coefficient (Wildman–Crippen LogP) is 2.71. The van der Waals surface area contributed by atoms with Crippen LogP contribution in [0.3, 0.4) is 0 Å². The number of esters is 1. The maximum atomic E-state index is 13.1. The number of rotatable bonds is 9. The number of amides is 1. The number of anilines is 2. The lowest BCUT2D eigenvalue weighted by Crippen LogP contribution is -2.43. The maximum Gasteiger partial charge on any atom is 0.339 e. The van der Waals surface area contributed by atoms with Crippen molar-refractivity contribution in [2.45, 2.75) is 65.8 Å². The Morgan fingerprint density at radius 1 is 1.30 bits per heavy atom. The van der Waals surface area contributed by atoms with Crippen molar-refractivity contribution in [2.24, 2.45) is 5.92 Å². The number of aromatic amines is 1. The highest BCUT2D eigenvalue weighted by molar-refractivity contribution is 7.10. The van der Waals surface area contributed by atoms with E-state index in [0.29, 0.717) is 30.9 Å². The fourth-order valence-electron chi connectivity index (χ4n) is 4.09. The summed E-state index contributed by atoms with van der Waals surface area (Å²) in [4.78, 5) is 55.2. The summed E-state index contributed by atoms with van der Waals surface area (Å²) in [6, 6.07) is 0. The number of nitrogens with two attached hydrogens (primary N) is 1. The second-order valence-corrected chi connectivity index (χ2v) is 9.48. The summed E-state index contributed by atoms with van der Waals surface area (Å²) < 4.78 is 6.60. The van der Waals surface area contributed by atoms with Crippen LogP contribution < -0.4 is 21.9 Å². The molecule has 0 saturated heterocycles. The van der Waals surface area contributed by atoms with E-state index in [-0.39, 0.29) is 18.1 Å². The molecule has 1 amide bonds. The molecule has 0 radical (unpaired) electrons.